The van der Waals surface area contributed by atoms with Crippen LogP contribution in [0.25, 0.3) is 5.57 Å². The first-order valence-electron chi connectivity index (χ1n) is 5.56. The molecule has 1 aromatic carbocycles. The van der Waals surface area contributed by atoms with Crippen LogP contribution in [-0.4, -0.2) is 0 Å². The lowest BCUT2D eigenvalue weighted by Crippen LogP contribution is -2.05. The molecule has 0 unspecified atom stereocenters. The fourth-order valence-corrected chi connectivity index (χ4v) is 1.86. The van der Waals surface area contributed by atoms with Crippen LogP contribution in [0, 0.1) is 24.1 Å². The third-order valence-electron chi connectivity index (χ3n) is 2.81. The van der Waals surface area contributed by atoms with Gasteiger partial charge in [0.25, 0.3) is 0 Å². The minimum atomic E-state index is -0.307. The molecule has 0 heterocycles. The Labute approximate surface area is 102 Å². The van der Waals surface area contributed by atoms with Gasteiger partial charge in [0, 0.05) is 11.3 Å². The summed E-state index contributed by atoms with van der Waals surface area (Å²) in [6.45, 7) is 7.36. The zero-order valence-electron chi connectivity index (χ0n) is 10.6. The minimum Gasteiger partial charge on any atom is -0.401 e. The second kappa shape index (κ2) is 5.01. The SMILES string of the molecule is C/C(N)=C(/C#N)c1c(C(C)C)ccc(F)c1C. The quantitative estimate of drug-likeness (QED) is 0.794. The van der Waals surface area contributed by atoms with Gasteiger partial charge in [-0.05, 0) is 37.0 Å². The predicted molar refractivity (Wildman–Crippen MR) is 67.6 cm³/mol. The highest BCUT2D eigenvalue weighted by atomic mass is 19.1. The lowest BCUT2D eigenvalue weighted by molar-refractivity contribution is 0.616. The van der Waals surface area contributed by atoms with E-state index in [0.717, 1.165) is 5.56 Å². The van der Waals surface area contributed by atoms with Crippen LogP contribution in [-0.2, 0) is 0 Å². The number of allylic oxidation sites excluding steroid dienone is 2. The fourth-order valence-electron chi connectivity index (χ4n) is 1.86. The highest BCUT2D eigenvalue weighted by Gasteiger charge is 2.17. The summed E-state index contributed by atoms with van der Waals surface area (Å²) in [6.07, 6.45) is 0. The fraction of sp³-hybridized carbons (Fsp3) is 0.357. The van der Waals surface area contributed by atoms with Crippen molar-refractivity contribution in [3.05, 3.63) is 40.3 Å². The van der Waals surface area contributed by atoms with Crippen LogP contribution in [0.2, 0.25) is 0 Å². The molecule has 2 N–H and O–H groups in total. The molecular weight excluding hydrogens is 215 g/mol. The Morgan fingerprint density at radius 1 is 1.41 bits per heavy atom. The van der Waals surface area contributed by atoms with Crippen molar-refractivity contribution in [2.24, 2.45) is 5.73 Å². The van der Waals surface area contributed by atoms with Crippen molar-refractivity contribution in [2.75, 3.05) is 0 Å². The number of hydrogen-bond donors (Lipinski definition) is 1. The van der Waals surface area contributed by atoms with Crippen molar-refractivity contribution >= 4 is 5.57 Å². The van der Waals surface area contributed by atoms with E-state index < -0.39 is 0 Å². The lowest BCUT2D eigenvalue weighted by Gasteiger charge is -2.16. The van der Waals surface area contributed by atoms with Crippen LogP contribution in [0.5, 0.6) is 0 Å². The van der Waals surface area contributed by atoms with E-state index in [2.05, 4.69) is 6.07 Å². The molecule has 0 aromatic heterocycles. The Balaban J connectivity index is 3.67. The van der Waals surface area contributed by atoms with Crippen molar-refractivity contribution < 1.29 is 4.39 Å². The standard InChI is InChI=1S/C14H17FN2/c1-8(2)11-5-6-13(15)9(3)14(11)12(7-16)10(4)17/h5-6,8H,17H2,1-4H3/b12-10+. The number of rotatable bonds is 2. The first kappa shape index (κ1) is 13.2. The van der Waals surface area contributed by atoms with Gasteiger partial charge in [0.2, 0.25) is 0 Å². The van der Waals surface area contributed by atoms with Crippen LogP contribution in [0.4, 0.5) is 4.39 Å². The van der Waals surface area contributed by atoms with Crippen LogP contribution >= 0.6 is 0 Å². The number of halogens is 1. The van der Waals surface area contributed by atoms with E-state index in [1.165, 1.54) is 6.07 Å². The van der Waals surface area contributed by atoms with E-state index in [4.69, 9.17) is 11.0 Å². The summed E-state index contributed by atoms with van der Waals surface area (Å²) in [7, 11) is 0. The number of nitrogens with two attached hydrogens (primary N) is 1. The number of benzene rings is 1. The second-order valence-electron chi connectivity index (χ2n) is 4.46. The summed E-state index contributed by atoms with van der Waals surface area (Å²) in [5.74, 6) is -0.0922. The maximum absolute atomic E-state index is 13.6. The largest absolute Gasteiger partial charge is 0.401 e. The average molecular weight is 232 g/mol. The van der Waals surface area contributed by atoms with E-state index in [-0.39, 0.29) is 11.7 Å². The van der Waals surface area contributed by atoms with Gasteiger partial charge in [0.1, 0.15) is 11.9 Å². The summed E-state index contributed by atoms with van der Waals surface area (Å²) in [5, 5.41) is 9.16. The molecule has 0 bridgehead atoms. The van der Waals surface area contributed by atoms with E-state index in [0.29, 0.717) is 22.4 Å². The molecule has 2 nitrogen and oxygen atoms in total. The molecule has 0 aliphatic heterocycles. The Bertz CT molecular complexity index is 504. The molecular formula is C14H17FN2. The summed E-state index contributed by atoms with van der Waals surface area (Å²) in [5.41, 5.74) is 8.56. The van der Waals surface area contributed by atoms with Crippen molar-refractivity contribution in [3.63, 3.8) is 0 Å². The Morgan fingerprint density at radius 3 is 2.41 bits per heavy atom. The van der Waals surface area contributed by atoms with Gasteiger partial charge in [-0.3, -0.25) is 0 Å². The summed E-state index contributed by atoms with van der Waals surface area (Å²) >= 11 is 0. The first-order chi connectivity index (χ1) is 7.90. The van der Waals surface area contributed by atoms with Crippen molar-refractivity contribution in [2.45, 2.75) is 33.6 Å². The maximum atomic E-state index is 13.6. The molecule has 1 rings (SSSR count). The number of nitriles is 1. The van der Waals surface area contributed by atoms with Crippen LogP contribution in [0.3, 0.4) is 0 Å². The highest BCUT2D eigenvalue weighted by molar-refractivity contribution is 5.82. The molecule has 0 saturated carbocycles. The molecule has 1 aromatic rings. The van der Waals surface area contributed by atoms with Crippen LogP contribution < -0.4 is 5.73 Å². The van der Waals surface area contributed by atoms with Crippen LogP contribution in [0.1, 0.15) is 43.4 Å². The molecule has 0 aliphatic carbocycles. The Morgan fingerprint density at radius 2 is 2.00 bits per heavy atom. The molecule has 0 aliphatic rings. The molecule has 0 amide bonds. The van der Waals surface area contributed by atoms with Gasteiger partial charge in [-0.25, -0.2) is 4.39 Å². The topological polar surface area (TPSA) is 49.8 Å². The number of hydrogen-bond acceptors (Lipinski definition) is 2. The van der Waals surface area contributed by atoms with Gasteiger partial charge < -0.3 is 5.73 Å². The average Bonchev–Trinajstić information content (AvgIpc) is 2.24. The zero-order chi connectivity index (χ0) is 13.2. The van der Waals surface area contributed by atoms with E-state index >= 15 is 0 Å². The lowest BCUT2D eigenvalue weighted by atomic mass is 9.88. The summed E-state index contributed by atoms with van der Waals surface area (Å²) in [6, 6.07) is 5.23. The van der Waals surface area contributed by atoms with Crippen molar-refractivity contribution in [1.82, 2.24) is 0 Å². The minimum absolute atomic E-state index is 0.215. The summed E-state index contributed by atoms with van der Waals surface area (Å²) < 4.78 is 13.6. The van der Waals surface area contributed by atoms with Crippen LogP contribution in [0.15, 0.2) is 17.8 Å². The Hall–Kier alpha value is -1.82. The van der Waals surface area contributed by atoms with Gasteiger partial charge in [-0.2, -0.15) is 5.26 Å². The molecule has 0 spiro atoms. The predicted octanol–water partition coefficient (Wildman–Crippen LogP) is 3.47. The third kappa shape index (κ3) is 2.47. The van der Waals surface area contributed by atoms with Gasteiger partial charge in [0.05, 0.1) is 5.57 Å². The molecule has 0 saturated heterocycles. The van der Waals surface area contributed by atoms with Gasteiger partial charge >= 0.3 is 0 Å². The van der Waals surface area contributed by atoms with E-state index in [1.54, 1.807) is 19.9 Å². The highest BCUT2D eigenvalue weighted by Crippen LogP contribution is 2.30. The maximum Gasteiger partial charge on any atom is 0.126 e. The van der Waals surface area contributed by atoms with Crippen molar-refractivity contribution in [1.29, 1.82) is 5.26 Å². The van der Waals surface area contributed by atoms with E-state index in [9.17, 15) is 4.39 Å². The monoisotopic (exact) mass is 232 g/mol. The van der Waals surface area contributed by atoms with Gasteiger partial charge in [-0.1, -0.05) is 19.9 Å². The van der Waals surface area contributed by atoms with E-state index in [1.807, 2.05) is 13.8 Å². The smallest absolute Gasteiger partial charge is 0.126 e. The van der Waals surface area contributed by atoms with Gasteiger partial charge in [0.15, 0.2) is 0 Å². The molecule has 17 heavy (non-hydrogen) atoms. The normalized spacial score (nSPS) is 12.3. The molecule has 0 atom stereocenters. The summed E-state index contributed by atoms with van der Waals surface area (Å²) in [4.78, 5) is 0. The first-order valence-corrected chi connectivity index (χ1v) is 5.56. The molecule has 0 fully saturated rings. The second-order valence-corrected chi connectivity index (χ2v) is 4.46. The molecule has 90 valence electrons. The third-order valence-corrected chi connectivity index (χ3v) is 2.81. The number of nitrogens with zero attached hydrogens (tertiary/aromatic N) is 1. The molecule has 0 radical (unpaired) electrons. The van der Waals surface area contributed by atoms with Crippen molar-refractivity contribution in [3.8, 4) is 6.07 Å². The molecule has 3 heteroatoms. The van der Waals surface area contributed by atoms with Gasteiger partial charge in [-0.15, -0.1) is 0 Å². The zero-order valence-corrected chi connectivity index (χ0v) is 10.6. The Kier molecular flexibility index (Phi) is 3.90.